The molecule has 0 atom stereocenters. The molecule has 0 saturated carbocycles. The van der Waals surface area contributed by atoms with E-state index in [9.17, 15) is 0 Å². The van der Waals surface area contributed by atoms with Crippen molar-refractivity contribution >= 4 is 47.0 Å². The molecule has 3 heterocycles. The summed E-state index contributed by atoms with van der Waals surface area (Å²) in [6.45, 7) is 1.51. The highest BCUT2D eigenvalue weighted by Gasteiger charge is 2.13. The van der Waals surface area contributed by atoms with Crippen LogP contribution in [0.15, 0.2) is 182 Å². The minimum Gasteiger partial charge on any atom is -0.487 e. The Bertz CT molecular complexity index is 2500. The first-order valence-electron chi connectivity index (χ1n) is 22.9. The summed E-state index contributed by atoms with van der Waals surface area (Å²) in [5, 5.41) is 0. The quantitative estimate of drug-likeness (QED) is 0.147. The third kappa shape index (κ3) is 13.7. The van der Waals surface area contributed by atoms with Crippen molar-refractivity contribution in [1.29, 1.82) is 0 Å². The highest BCUT2D eigenvalue weighted by molar-refractivity contribution is 7.98. The van der Waals surface area contributed by atoms with Crippen molar-refractivity contribution in [2.75, 3.05) is 0 Å². The van der Waals surface area contributed by atoms with Gasteiger partial charge in [0.05, 0.1) is 22.8 Å². The SMILES string of the molecule is c1cc2nc(c1)COc1ccccc1CSCc1ccccc1CSCc1ccccc1OCc1cccc(n1)COc1ccccc1CSCc1ccccc1CSCc1ccccc1OC2. The van der Waals surface area contributed by atoms with Gasteiger partial charge in [-0.15, -0.1) is 0 Å². The molecule has 8 aromatic rings. The first kappa shape index (κ1) is 47.3. The predicted octanol–water partition coefficient (Wildman–Crippen LogP) is 14.8. The van der Waals surface area contributed by atoms with Crippen LogP contribution in [0.5, 0.6) is 23.0 Å². The van der Waals surface area contributed by atoms with E-state index in [0.717, 1.165) is 91.8 Å². The van der Waals surface area contributed by atoms with E-state index in [4.69, 9.17) is 28.9 Å². The fourth-order valence-electron chi connectivity index (χ4n) is 7.80. The third-order valence-electron chi connectivity index (χ3n) is 11.4. The number of benzene rings is 6. The second-order valence-corrected chi connectivity index (χ2v) is 20.3. The van der Waals surface area contributed by atoms with E-state index in [1.54, 1.807) is 0 Å². The summed E-state index contributed by atoms with van der Waals surface area (Å²) in [7, 11) is 0. The van der Waals surface area contributed by atoms with Crippen LogP contribution >= 0.6 is 47.0 Å². The van der Waals surface area contributed by atoms with E-state index in [0.29, 0.717) is 26.4 Å². The van der Waals surface area contributed by atoms with Gasteiger partial charge in [0.1, 0.15) is 49.4 Å². The monoisotopic (exact) mass is 970 g/mol. The van der Waals surface area contributed by atoms with Gasteiger partial charge in [0.2, 0.25) is 0 Å². The molecule has 1 aliphatic heterocycles. The molecule has 0 radical (unpaired) electrons. The molecule has 0 unspecified atom stereocenters. The fraction of sp³-hybridized carbons (Fsp3) is 0.207. The molecule has 68 heavy (non-hydrogen) atoms. The lowest BCUT2D eigenvalue weighted by Crippen LogP contribution is -2.05. The molecule has 0 saturated heterocycles. The lowest BCUT2D eigenvalue weighted by Gasteiger charge is -2.15. The van der Waals surface area contributed by atoms with Crippen LogP contribution in [-0.2, 0) is 72.5 Å². The molecule has 1 aliphatic rings. The van der Waals surface area contributed by atoms with Crippen molar-refractivity contribution in [2.24, 2.45) is 0 Å². The number of hydrogen-bond donors (Lipinski definition) is 0. The number of fused-ring (bicyclic) bond motifs is 10. The topological polar surface area (TPSA) is 62.7 Å². The molecule has 0 N–H and O–H groups in total. The Labute approximate surface area is 418 Å². The summed E-state index contributed by atoms with van der Waals surface area (Å²) >= 11 is 7.63. The minimum absolute atomic E-state index is 0.378. The van der Waals surface area contributed by atoms with Gasteiger partial charge in [-0.3, -0.25) is 9.97 Å². The van der Waals surface area contributed by atoms with Gasteiger partial charge in [-0.25, -0.2) is 0 Å². The Balaban J connectivity index is 0.904. The van der Waals surface area contributed by atoms with Crippen LogP contribution in [0.2, 0.25) is 0 Å². The van der Waals surface area contributed by atoms with E-state index in [-0.39, 0.29) is 0 Å². The van der Waals surface area contributed by atoms with E-state index in [1.165, 1.54) is 44.5 Å². The summed E-state index contributed by atoms with van der Waals surface area (Å²) < 4.78 is 25.7. The van der Waals surface area contributed by atoms with Crippen LogP contribution in [0.1, 0.15) is 67.3 Å². The van der Waals surface area contributed by atoms with Gasteiger partial charge in [0, 0.05) is 68.3 Å². The molecular weight excluding hydrogens is 917 g/mol. The zero-order valence-electron chi connectivity index (χ0n) is 38.0. The number of para-hydroxylation sites is 4. The summed E-state index contributed by atoms with van der Waals surface area (Å²) in [5.74, 6) is 10.5. The molecule has 0 spiro atoms. The van der Waals surface area contributed by atoms with Crippen LogP contribution in [0.25, 0.3) is 0 Å². The zero-order chi connectivity index (χ0) is 46.0. The Morgan fingerprint density at radius 3 is 0.691 bits per heavy atom. The second kappa shape index (κ2) is 25.0. The van der Waals surface area contributed by atoms with Crippen LogP contribution in [0, 0.1) is 0 Å². The standard InChI is InChI=1S/C58H54N2O4S4/c1-2-16-44-36-66-40-48-20-6-10-28-56(48)62-32-52-24-14-26-54(60-52)34-64-58-30-12-8-22-50(58)42-68-38-46-18-4-3-17-45(46)37-67-41-49-21-7-11-29-57(49)63-33-53-25-13-23-51(59-53)31-61-55-27-9-5-19-47(55)39-65-35-43(44)15-1/h1-30H,31-42H2. The van der Waals surface area contributed by atoms with E-state index >= 15 is 0 Å². The predicted molar refractivity (Wildman–Crippen MR) is 284 cm³/mol. The van der Waals surface area contributed by atoms with Crippen LogP contribution in [-0.4, -0.2) is 9.97 Å². The van der Waals surface area contributed by atoms with Crippen molar-refractivity contribution < 1.29 is 18.9 Å². The molecule has 344 valence electrons. The maximum Gasteiger partial charge on any atom is 0.130 e. The maximum absolute atomic E-state index is 6.43. The normalized spacial score (nSPS) is 14.6. The average molecular weight is 971 g/mol. The summed E-state index contributed by atoms with van der Waals surface area (Å²) in [6.07, 6.45) is 0. The second-order valence-electron chi connectivity index (χ2n) is 16.3. The minimum atomic E-state index is 0.378. The lowest BCUT2D eigenvalue weighted by molar-refractivity contribution is 0.288. The highest BCUT2D eigenvalue weighted by Crippen LogP contribution is 2.33. The van der Waals surface area contributed by atoms with Crippen molar-refractivity contribution in [3.63, 3.8) is 0 Å². The maximum atomic E-state index is 6.43. The third-order valence-corrected chi connectivity index (χ3v) is 15.5. The molecule has 10 heteroatoms. The molecular formula is C58H54N2O4S4. The molecule has 6 nitrogen and oxygen atoms in total. The number of pyridine rings is 2. The van der Waals surface area contributed by atoms with Gasteiger partial charge in [-0.2, -0.15) is 47.0 Å². The van der Waals surface area contributed by atoms with Gasteiger partial charge in [0.25, 0.3) is 0 Å². The molecule has 0 aliphatic carbocycles. The Hall–Kier alpha value is -5.78. The van der Waals surface area contributed by atoms with Crippen LogP contribution in [0.3, 0.4) is 0 Å². The van der Waals surface area contributed by atoms with Gasteiger partial charge in [-0.05, 0) is 70.8 Å². The summed E-state index contributed by atoms with van der Waals surface area (Å²) in [5.41, 5.74) is 13.6. The molecule has 9 rings (SSSR count). The van der Waals surface area contributed by atoms with E-state index in [1.807, 2.05) is 108 Å². The smallest absolute Gasteiger partial charge is 0.130 e. The van der Waals surface area contributed by atoms with Gasteiger partial charge in [-0.1, -0.05) is 133 Å². The molecule has 2 aromatic heterocycles. The van der Waals surface area contributed by atoms with Crippen molar-refractivity contribution in [1.82, 2.24) is 9.97 Å². The van der Waals surface area contributed by atoms with Gasteiger partial charge in [0.15, 0.2) is 0 Å². The number of rotatable bonds is 0. The summed E-state index contributed by atoms with van der Waals surface area (Å²) in [4.78, 5) is 9.86. The highest BCUT2D eigenvalue weighted by atomic mass is 32.2. The Morgan fingerprint density at radius 1 is 0.235 bits per heavy atom. The molecule has 4 bridgehead atoms. The van der Waals surface area contributed by atoms with Crippen molar-refractivity contribution in [2.45, 2.75) is 72.5 Å². The lowest BCUT2D eigenvalue weighted by atomic mass is 10.1. The number of thioether (sulfide) groups is 4. The summed E-state index contributed by atoms with van der Waals surface area (Å²) in [6, 6.07) is 63.1. The van der Waals surface area contributed by atoms with E-state index in [2.05, 4.69) is 121 Å². The molecule has 0 fully saturated rings. The number of hydrogen-bond acceptors (Lipinski definition) is 10. The molecule has 0 amide bonds. The first-order chi connectivity index (χ1) is 33.7. The average Bonchev–Trinajstić information content (AvgIpc) is 3.38. The fourth-order valence-corrected chi connectivity index (χ4v) is 12.1. The van der Waals surface area contributed by atoms with Gasteiger partial charge >= 0.3 is 0 Å². The van der Waals surface area contributed by atoms with Crippen LogP contribution < -0.4 is 18.9 Å². The largest absolute Gasteiger partial charge is 0.487 e. The van der Waals surface area contributed by atoms with Crippen molar-refractivity contribution in [3.8, 4) is 23.0 Å². The number of nitrogens with zero attached hydrogens (tertiary/aromatic N) is 2. The Kier molecular flexibility index (Phi) is 17.4. The Morgan fingerprint density at radius 2 is 0.441 bits per heavy atom. The van der Waals surface area contributed by atoms with Gasteiger partial charge < -0.3 is 18.9 Å². The van der Waals surface area contributed by atoms with Crippen molar-refractivity contribution in [3.05, 3.63) is 249 Å². The number of aromatic nitrogens is 2. The van der Waals surface area contributed by atoms with E-state index < -0.39 is 0 Å². The zero-order valence-corrected chi connectivity index (χ0v) is 41.2. The number of ether oxygens (including phenoxy) is 4. The molecule has 6 aromatic carbocycles. The van der Waals surface area contributed by atoms with Crippen LogP contribution in [0.4, 0.5) is 0 Å². The first-order valence-corrected chi connectivity index (χ1v) is 27.5.